The lowest BCUT2D eigenvalue weighted by atomic mass is 9.96. The van der Waals surface area contributed by atoms with Gasteiger partial charge in [-0.25, -0.2) is 4.79 Å². The van der Waals surface area contributed by atoms with Gasteiger partial charge in [-0.2, -0.15) is 0 Å². The number of hydrogen-bond acceptors (Lipinski definition) is 10. The van der Waals surface area contributed by atoms with Crippen molar-refractivity contribution < 1.29 is 43.0 Å². The molecular weight excluding hydrogens is 634 g/mol. The summed E-state index contributed by atoms with van der Waals surface area (Å²) in [6.07, 6.45) is 3.47. The van der Waals surface area contributed by atoms with E-state index in [0.717, 1.165) is 27.5 Å². The Kier molecular flexibility index (Phi) is 13.3. The molecule has 0 saturated heterocycles. The van der Waals surface area contributed by atoms with Gasteiger partial charge >= 0.3 is 14.8 Å². The molecular formula is C35H41N3O9Si. The number of carbonyl (C=O) groups is 3. The Morgan fingerprint density at radius 1 is 0.854 bits per heavy atom. The highest BCUT2D eigenvalue weighted by Gasteiger charge is 2.26. The molecule has 48 heavy (non-hydrogen) atoms. The van der Waals surface area contributed by atoms with E-state index in [1.165, 1.54) is 0 Å². The fourth-order valence-corrected chi connectivity index (χ4v) is 5.29. The van der Waals surface area contributed by atoms with Crippen LogP contribution < -0.4 is 10.6 Å². The lowest BCUT2D eigenvalue weighted by Gasteiger charge is -2.19. The third-order valence-corrected chi connectivity index (χ3v) is 8.38. The summed E-state index contributed by atoms with van der Waals surface area (Å²) in [5.74, 6) is -1.77. The molecule has 1 atom stereocenters. The van der Waals surface area contributed by atoms with Gasteiger partial charge in [-0.05, 0) is 60.2 Å². The Balaban J connectivity index is 1.35. The zero-order valence-corrected chi connectivity index (χ0v) is 28.0. The number of fused-ring (bicyclic) bond motifs is 1. The van der Waals surface area contributed by atoms with E-state index in [1.807, 2.05) is 44.2 Å². The van der Waals surface area contributed by atoms with E-state index in [2.05, 4.69) is 15.6 Å². The van der Waals surface area contributed by atoms with Crippen LogP contribution in [0.4, 0.5) is 5.69 Å². The van der Waals surface area contributed by atoms with Crippen LogP contribution in [0.5, 0.6) is 0 Å². The number of esters is 1. The van der Waals surface area contributed by atoms with Crippen molar-refractivity contribution in [1.29, 1.82) is 0 Å². The van der Waals surface area contributed by atoms with Crippen LogP contribution in [-0.2, 0) is 30.4 Å². The third-order valence-electron chi connectivity index (χ3n) is 7.51. The number of amides is 2. The van der Waals surface area contributed by atoms with E-state index < -0.39 is 20.7 Å². The van der Waals surface area contributed by atoms with Gasteiger partial charge in [-0.1, -0.05) is 48.0 Å². The molecule has 12 nitrogen and oxygen atoms in total. The fraction of sp³-hybridized carbons (Fsp3) is 0.314. The Morgan fingerprint density at radius 2 is 1.60 bits per heavy atom. The summed E-state index contributed by atoms with van der Waals surface area (Å²) in [6.45, 7) is 4.37. The van der Waals surface area contributed by atoms with Crippen molar-refractivity contribution in [2.24, 2.45) is 0 Å². The minimum Gasteiger partial charge on any atom is -0.457 e. The molecule has 2 amide bonds. The number of nitrogens with zero attached hydrogens (tertiary/aromatic N) is 1. The summed E-state index contributed by atoms with van der Waals surface area (Å²) in [5.41, 5.74) is 4.42. The molecule has 0 radical (unpaired) electrons. The second-order valence-electron chi connectivity index (χ2n) is 11.4. The van der Waals surface area contributed by atoms with E-state index in [1.54, 1.807) is 48.8 Å². The zero-order valence-electron chi connectivity index (χ0n) is 27.0. The number of benzene rings is 3. The number of aryl methyl sites for hydroxylation is 2. The summed E-state index contributed by atoms with van der Waals surface area (Å²) in [6, 6.07) is 19.8. The van der Waals surface area contributed by atoms with Crippen LogP contribution in [0.25, 0.3) is 10.8 Å². The molecule has 0 aliphatic heterocycles. The first-order valence-electron chi connectivity index (χ1n) is 15.6. The van der Waals surface area contributed by atoms with Crippen LogP contribution in [0, 0.1) is 13.8 Å². The van der Waals surface area contributed by atoms with Gasteiger partial charge in [0.15, 0.2) is 0 Å². The molecule has 0 unspecified atom stereocenters. The lowest BCUT2D eigenvalue weighted by Crippen LogP contribution is -2.35. The van der Waals surface area contributed by atoms with Gasteiger partial charge in [0, 0.05) is 42.5 Å². The Bertz CT molecular complexity index is 1690. The van der Waals surface area contributed by atoms with Gasteiger partial charge < -0.3 is 39.2 Å². The number of anilines is 1. The van der Waals surface area contributed by atoms with Crippen LogP contribution in [0.15, 0.2) is 79.1 Å². The molecule has 5 N–H and O–H groups in total. The number of aromatic nitrogens is 1. The second-order valence-corrected chi connectivity index (χ2v) is 13.5. The normalized spacial score (nSPS) is 12.0. The number of pyridine rings is 1. The Labute approximate surface area is 280 Å². The first-order chi connectivity index (χ1) is 23.0. The van der Waals surface area contributed by atoms with Crippen molar-refractivity contribution in [1.82, 2.24) is 10.3 Å². The smallest absolute Gasteiger partial charge is 0.457 e. The molecule has 4 rings (SSSR count). The molecule has 0 aliphatic carbocycles. The maximum absolute atomic E-state index is 13.6. The van der Waals surface area contributed by atoms with E-state index in [4.69, 9.17) is 28.6 Å². The van der Waals surface area contributed by atoms with Crippen molar-refractivity contribution in [2.45, 2.75) is 38.8 Å². The molecule has 0 saturated carbocycles. The summed E-state index contributed by atoms with van der Waals surface area (Å²) in [7, 11) is -4.13. The van der Waals surface area contributed by atoms with Crippen LogP contribution in [0.3, 0.4) is 0 Å². The molecule has 0 aliphatic rings. The Morgan fingerprint density at radius 3 is 2.33 bits per heavy atom. The number of rotatable bonds is 17. The summed E-state index contributed by atoms with van der Waals surface area (Å²) < 4.78 is 16.1. The van der Waals surface area contributed by atoms with Gasteiger partial charge in [-0.15, -0.1) is 0 Å². The van der Waals surface area contributed by atoms with E-state index in [9.17, 15) is 14.4 Å². The van der Waals surface area contributed by atoms with Crippen molar-refractivity contribution >= 4 is 43.0 Å². The molecule has 0 bridgehead atoms. The van der Waals surface area contributed by atoms with Gasteiger partial charge in [0.25, 0.3) is 0 Å². The number of hydrogen-bond donors (Lipinski definition) is 5. The SMILES string of the molecule is Cc1ccc(C(=O)OCc2ccc([C@@H](CNC(=O)CCOCCOCC[Si](O)(O)O)C(=O)Nc3ccc4cnccc4c3)cc2)c(C)c1. The van der Waals surface area contributed by atoms with E-state index in [-0.39, 0.29) is 63.9 Å². The lowest BCUT2D eigenvalue weighted by molar-refractivity contribution is -0.122. The number of ether oxygens (including phenoxy) is 3. The van der Waals surface area contributed by atoms with Crippen LogP contribution >= 0.6 is 0 Å². The van der Waals surface area contributed by atoms with Gasteiger partial charge in [0.05, 0.1) is 37.9 Å². The van der Waals surface area contributed by atoms with Crippen molar-refractivity contribution in [3.63, 3.8) is 0 Å². The standard InChI is InChI=1S/C35H41N3O9Si/c1-24-3-10-31(25(2)19-24)35(41)47-23-26-4-6-27(7-5-26)32(34(40)38-30-9-8-29-21-36-13-11-28(29)20-30)22-37-33(39)12-14-45-15-16-46-17-18-48(42,43)44/h3-11,13,19-21,32,42-44H,12,14-18,22-23H2,1-2H3,(H,37,39)(H,38,40)/t32-/m1/s1. The summed E-state index contributed by atoms with van der Waals surface area (Å²) in [5, 5.41) is 7.64. The molecule has 0 fully saturated rings. The minimum absolute atomic E-state index is 0.0152. The molecule has 1 aromatic heterocycles. The topological polar surface area (TPSA) is 177 Å². The maximum Gasteiger partial charge on any atom is 0.495 e. The number of carbonyl (C=O) groups excluding carboxylic acids is 3. The summed E-state index contributed by atoms with van der Waals surface area (Å²) >= 11 is 0. The van der Waals surface area contributed by atoms with Crippen molar-refractivity contribution in [3.8, 4) is 0 Å². The summed E-state index contributed by atoms with van der Waals surface area (Å²) in [4.78, 5) is 69.9. The average molecular weight is 676 g/mol. The predicted octanol–water partition coefficient (Wildman–Crippen LogP) is 3.39. The quantitative estimate of drug-likeness (QED) is 0.0634. The maximum atomic E-state index is 13.6. The number of nitrogens with one attached hydrogen (secondary N) is 2. The molecule has 0 spiro atoms. The van der Waals surface area contributed by atoms with E-state index >= 15 is 0 Å². The highest BCUT2D eigenvalue weighted by molar-refractivity contribution is 6.56. The predicted molar refractivity (Wildman–Crippen MR) is 181 cm³/mol. The first kappa shape index (κ1) is 36.3. The molecule has 254 valence electrons. The van der Waals surface area contributed by atoms with Crippen molar-refractivity contribution in [3.05, 3.63) is 107 Å². The van der Waals surface area contributed by atoms with Gasteiger partial charge in [0.2, 0.25) is 11.8 Å². The second kappa shape index (κ2) is 17.6. The van der Waals surface area contributed by atoms with Gasteiger partial charge in [0.1, 0.15) is 6.61 Å². The molecule has 1 heterocycles. The van der Waals surface area contributed by atoms with E-state index in [0.29, 0.717) is 16.8 Å². The largest absolute Gasteiger partial charge is 0.495 e. The average Bonchev–Trinajstić information content (AvgIpc) is 3.05. The Hall–Kier alpha value is -4.50. The molecule has 3 aromatic carbocycles. The highest BCUT2D eigenvalue weighted by atomic mass is 28.4. The molecule has 13 heteroatoms. The zero-order chi connectivity index (χ0) is 34.5. The first-order valence-corrected chi connectivity index (χ1v) is 17.6. The van der Waals surface area contributed by atoms with Crippen LogP contribution in [-0.4, -0.2) is 78.9 Å². The van der Waals surface area contributed by atoms with Crippen LogP contribution in [0.2, 0.25) is 6.04 Å². The minimum atomic E-state index is -4.13. The highest BCUT2D eigenvalue weighted by Crippen LogP contribution is 2.23. The third kappa shape index (κ3) is 11.6. The monoisotopic (exact) mass is 675 g/mol. The molecule has 4 aromatic rings. The fourth-order valence-electron chi connectivity index (χ4n) is 4.87. The van der Waals surface area contributed by atoms with Gasteiger partial charge in [-0.3, -0.25) is 14.6 Å². The van der Waals surface area contributed by atoms with Crippen molar-refractivity contribution in [2.75, 3.05) is 38.3 Å². The van der Waals surface area contributed by atoms with Crippen LogP contribution in [0.1, 0.15) is 45.0 Å².